The van der Waals surface area contributed by atoms with Crippen LogP contribution < -0.4 is 4.74 Å². The molecule has 1 fully saturated rings. The monoisotopic (exact) mass is 315 g/mol. The van der Waals surface area contributed by atoms with Crippen molar-refractivity contribution in [3.05, 3.63) is 65.5 Å². The van der Waals surface area contributed by atoms with Crippen LogP contribution in [0.3, 0.4) is 0 Å². The fraction of sp³-hybridized carbons (Fsp3) is 0.278. The van der Waals surface area contributed by atoms with Crippen molar-refractivity contribution in [2.24, 2.45) is 0 Å². The van der Waals surface area contributed by atoms with Gasteiger partial charge in [-0.15, -0.1) is 0 Å². The van der Waals surface area contributed by atoms with Crippen LogP contribution in [0.25, 0.3) is 0 Å². The Bertz CT molecular complexity index is 683. The zero-order valence-corrected chi connectivity index (χ0v) is 12.7. The number of carbonyl (C=O) groups excluding carboxylic acids is 1. The Hall–Kier alpha value is -2.40. The molecular formula is C18H18FNO3. The molecule has 2 aromatic rings. The zero-order valence-electron chi connectivity index (χ0n) is 12.7. The Morgan fingerprint density at radius 2 is 1.91 bits per heavy atom. The summed E-state index contributed by atoms with van der Waals surface area (Å²) in [4.78, 5) is 14.2. The van der Waals surface area contributed by atoms with E-state index in [1.165, 1.54) is 6.07 Å². The highest BCUT2D eigenvalue weighted by molar-refractivity contribution is 5.94. The molecule has 0 unspecified atom stereocenters. The molecule has 0 saturated carbocycles. The van der Waals surface area contributed by atoms with E-state index in [1.807, 2.05) is 0 Å². The lowest BCUT2D eigenvalue weighted by Gasteiger charge is -2.27. The summed E-state index contributed by atoms with van der Waals surface area (Å²) in [5.74, 6) is 0.213. The van der Waals surface area contributed by atoms with Crippen LogP contribution in [0.1, 0.15) is 15.9 Å². The van der Waals surface area contributed by atoms with Gasteiger partial charge in [-0.1, -0.05) is 24.3 Å². The summed E-state index contributed by atoms with van der Waals surface area (Å²) in [6, 6.07) is 13.5. The molecule has 0 atom stereocenters. The quantitative estimate of drug-likeness (QED) is 0.871. The van der Waals surface area contributed by atoms with Crippen molar-refractivity contribution in [2.75, 3.05) is 26.3 Å². The number of ether oxygens (including phenoxy) is 2. The van der Waals surface area contributed by atoms with Gasteiger partial charge in [-0.2, -0.15) is 0 Å². The molecule has 5 heteroatoms. The van der Waals surface area contributed by atoms with E-state index in [-0.39, 0.29) is 18.3 Å². The highest BCUT2D eigenvalue weighted by atomic mass is 19.1. The molecule has 2 aromatic carbocycles. The van der Waals surface area contributed by atoms with E-state index in [2.05, 4.69) is 0 Å². The molecule has 1 saturated heterocycles. The smallest absolute Gasteiger partial charge is 0.254 e. The molecule has 1 amide bonds. The van der Waals surface area contributed by atoms with Gasteiger partial charge in [0.1, 0.15) is 18.2 Å². The lowest BCUT2D eigenvalue weighted by atomic mass is 10.1. The van der Waals surface area contributed by atoms with Gasteiger partial charge in [-0.05, 0) is 24.3 Å². The largest absolute Gasteiger partial charge is 0.489 e. The molecule has 0 radical (unpaired) electrons. The van der Waals surface area contributed by atoms with Gasteiger partial charge in [0.25, 0.3) is 5.91 Å². The third-order valence-electron chi connectivity index (χ3n) is 3.73. The van der Waals surface area contributed by atoms with Crippen molar-refractivity contribution >= 4 is 5.91 Å². The highest BCUT2D eigenvalue weighted by Crippen LogP contribution is 2.18. The zero-order chi connectivity index (χ0) is 16.1. The predicted octanol–water partition coefficient (Wildman–Crippen LogP) is 2.88. The number of halogens is 1. The van der Waals surface area contributed by atoms with Crippen molar-refractivity contribution in [1.82, 2.24) is 4.90 Å². The van der Waals surface area contributed by atoms with Gasteiger partial charge < -0.3 is 14.4 Å². The van der Waals surface area contributed by atoms with Crippen LogP contribution in [0.2, 0.25) is 0 Å². The number of rotatable bonds is 4. The molecule has 4 nitrogen and oxygen atoms in total. The normalized spacial score (nSPS) is 14.6. The van der Waals surface area contributed by atoms with Crippen LogP contribution in [0, 0.1) is 5.82 Å². The Kier molecular flexibility index (Phi) is 4.88. The maximum absolute atomic E-state index is 13.6. The Morgan fingerprint density at radius 1 is 1.13 bits per heavy atom. The van der Waals surface area contributed by atoms with Crippen LogP contribution in [0.15, 0.2) is 48.5 Å². The molecule has 0 aromatic heterocycles. The second kappa shape index (κ2) is 7.24. The third-order valence-corrected chi connectivity index (χ3v) is 3.73. The van der Waals surface area contributed by atoms with Gasteiger partial charge in [0.15, 0.2) is 0 Å². The maximum atomic E-state index is 13.6. The van der Waals surface area contributed by atoms with Gasteiger partial charge in [0.05, 0.1) is 13.2 Å². The molecule has 3 rings (SSSR count). The summed E-state index contributed by atoms with van der Waals surface area (Å²) < 4.78 is 24.5. The van der Waals surface area contributed by atoms with Crippen LogP contribution in [-0.2, 0) is 11.3 Å². The van der Waals surface area contributed by atoms with Crippen molar-refractivity contribution in [3.8, 4) is 5.75 Å². The van der Waals surface area contributed by atoms with Gasteiger partial charge in [-0.25, -0.2) is 4.39 Å². The minimum Gasteiger partial charge on any atom is -0.489 e. The van der Waals surface area contributed by atoms with Crippen LogP contribution >= 0.6 is 0 Å². The molecule has 0 bridgehead atoms. The van der Waals surface area contributed by atoms with Crippen molar-refractivity contribution in [3.63, 3.8) is 0 Å². The fourth-order valence-electron chi connectivity index (χ4n) is 2.44. The van der Waals surface area contributed by atoms with E-state index >= 15 is 0 Å². The molecule has 120 valence electrons. The molecule has 23 heavy (non-hydrogen) atoms. The number of nitrogens with zero attached hydrogens (tertiary/aromatic N) is 1. The molecule has 0 aliphatic carbocycles. The van der Waals surface area contributed by atoms with E-state index in [0.717, 1.165) is 0 Å². The standard InChI is InChI=1S/C18H18FNO3/c19-17-7-2-1-4-15(17)13-23-16-6-3-5-14(12-16)18(21)20-8-10-22-11-9-20/h1-7,12H,8-11,13H2. The number of hydrogen-bond acceptors (Lipinski definition) is 3. The average Bonchev–Trinajstić information content (AvgIpc) is 2.61. The third kappa shape index (κ3) is 3.87. The van der Waals surface area contributed by atoms with Crippen molar-refractivity contribution in [2.45, 2.75) is 6.61 Å². The first-order valence-electron chi connectivity index (χ1n) is 7.57. The lowest BCUT2D eigenvalue weighted by molar-refractivity contribution is 0.0302. The Balaban J connectivity index is 1.67. The summed E-state index contributed by atoms with van der Waals surface area (Å²) in [6.45, 7) is 2.45. The molecule has 1 heterocycles. The molecule has 1 aliphatic rings. The SMILES string of the molecule is O=C(c1cccc(OCc2ccccc2F)c1)N1CCOCC1. The van der Waals surface area contributed by atoms with E-state index < -0.39 is 0 Å². The number of hydrogen-bond donors (Lipinski definition) is 0. The first kappa shape index (κ1) is 15.5. The summed E-state index contributed by atoms with van der Waals surface area (Å²) >= 11 is 0. The van der Waals surface area contributed by atoms with E-state index in [9.17, 15) is 9.18 Å². The first-order valence-corrected chi connectivity index (χ1v) is 7.57. The number of amides is 1. The van der Waals surface area contributed by atoms with E-state index in [4.69, 9.17) is 9.47 Å². The van der Waals surface area contributed by atoms with Gasteiger partial charge in [0, 0.05) is 24.2 Å². The van der Waals surface area contributed by atoms with Crippen molar-refractivity contribution in [1.29, 1.82) is 0 Å². The summed E-state index contributed by atoms with van der Waals surface area (Å²) in [7, 11) is 0. The van der Waals surface area contributed by atoms with Gasteiger partial charge in [-0.3, -0.25) is 4.79 Å². The van der Waals surface area contributed by atoms with Crippen LogP contribution in [0.5, 0.6) is 5.75 Å². The van der Waals surface area contributed by atoms with Crippen molar-refractivity contribution < 1.29 is 18.7 Å². The number of benzene rings is 2. The molecule has 0 N–H and O–H groups in total. The average molecular weight is 315 g/mol. The number of carbonyl (C=O) groups is 1. The maximum Gasteiger partial charge on any atom is 0.254 e. The second-order valence-corrected chi connectivity index (χ2v) is 5.31. The van der Waals surface area contributed by atoms with Gasteiger partial charge in [0.2, 0.25) is 0 Å². The molecule has 0 spiro atoms. The summed E-state index contributed by atoms with van der Waals surface area (Å²) in [5.41, 5.74) is 1.05. The number of morpholine rings is 1. The lowest BCUT2D eigenvalue weighted by Crippen LogP contribution is -2.40. The van der Waals surface area contributed by atoms with Crippen LogP contribution in [-0.4, -0.2) is 37.1 Å². The second-order valence-electron chi connectivity index (χ2n) is 5.31. The fourth-order valence-corrected chi connectivity index (χ4v) is 2.44. The minimum absolute atomic E-state index is 0.0374. The highest BCUT2D eigenvalue weighted by Gasteiger charge is 2.18. The topological polar surface area (TPSA) is 38.8 Å². The summed E-state index contributed by atoms with van der Waals surface area (Å²) in [6.07, 6.45) is 0. The summed E-state index contributed by atoms with van der Waals surface area (Å²) in [5, 5.41) is 0. The molecule has 1 aliphatic heterocycles. The minimum atomic E-state index is -0.298. The Morgan fingerprint density at radius 3 is 2.70 bits per heavy atom. The van der Waals surface area contributed by atoms with Gasteiger partial charge >= 0.3 is 0 Å². The van der Waals surface area contributed by atoms with E-state index in [1.54, 1.807) is 47.4 Å². The first-order chi connectivity index (χ1) is 11.2. The Labute approximate surface area is 134 Å². The van der Waals surface area contributed by atoms with E-state index in [0.29, 0.717) is 43.2 Å². The predicted molar refractivity (Wildman–Crippen MR) is 83.9 cm³/mol. The van der Waals surface area contributed by atoms with Crippen LogP contribution in [0.4, 0.5) is 4.39 Å². The molecular weight excluding hydrogens is 297 g/mol.